The minimum absolute atomic E-state index is 0.000321. The number of hydrogen-bond acceptors (Lipinski definition) is 3. The smallest absolute Gasteiger partial charge is 0.254 e. The van der Waals surface area contributed by atoms with Gasteiger partial charge in [0.15, 0.2) is 0 Å². The van der Waals surface area contributed by atoms with Crippen LogP contribution in [0, 0.1) is 5.82 Å². The number of carbonyl (C=O) groups excluding carboxylic acids is 1. The van der Waals surface area contributed by atoms with Crippen LogP contribution in [0.1, 0.15) is 24.2 Å². The Morgan fingerprint density at radius 2 is 2.17 bits per heavy atom. The lowest BCUT2D eigenvalue weighted by atomic mass is 10.2. The van der Waals surface area contributed by atoms with Crippen LogP contribution in [0.4, 0.5) is 4.39 Å². The predicted molar refractivity (Wildman–Crippen MR) is 66.4 cm³/mol. The molecule has 0 saturated carbocycles. The van der Waals surface area contributed by atoms with Crippen LogP contribution in [0.3, 0.4) is 0 Å². The maximum absolute atomic E-state index is 13.6. The van der Waals surface area contributed by atoms with Gasteiger partial charge < -0.3 is 14.8 Å². The zero-order valence-electron chi connectivity index (χ0n) is 10.8. The molecule has 0 aliphatic carbocycles. The van der Waals surface area contributed by atoms with E-state index >= 15 is 0 Å². The monoisotopic (exact) mass is 255 g/mol. The molecule has 0 aromatic heterocycles. The van der Waals surface area contributed by atoms with Crippen LogP contribution >= 0.6 is 0 Å². The summed E-state index contributed by atoms with van der Waals surface area (Å²) in [5.74, 6) is -0.675. The third kappa shape index (κ3) is 4.33. The minimum Gasteiger partial charge on any atom is -0.497 e. The van der Waals surface area contributed by atoms with Crippen LogP contribution in [0.5, 0.6) is 5.75 Å². The Morgan fingerprint density at radius 3 is 2.72 bits per heavy atom. The van der Waals surface area contributed by atoms with Crippen molar-refractivity contribution < 1.29 is 18.7 Å². The lowest BCUT2D eigenvalue weighted by molar-refractivity contribution is 0.0745. The van der Waals surface area contributed by atoms with Crippen LogP contribution < -0.4 is 10.1 Å². The van der Waals surface area contributed by atoms with E-state index in [-0.39, 0.29) is 11.7 Å². The van der Waals surface area contributed by atoms with Crippen molar-refractivity contribution in [1.82, 2.24) is 5.32 Å². The van der Waals surface area contributed by atoms with E-state index in [0.29, 0.717) is 18.9 Å². The van der Waals surface area contributed by atoms with Crippen molar-refractivity contribution in [1.29, 1.82) is 0 Å². The molecule has 1 aromatic rings. The van der Waals surface area contributed by atoms with Crippen molar-refractivity contribution in [3.05, 3.63) is 29.6 Å². The molecule has 1 rings (SSSR count). The molecule has 0 fully saturated rings. The molecule has 0 atom stereocenters. The van der Waals surface area contributed by atoms with Crippen molar-refractivity contribution in [3.8, 4) is 5.75 Å². The summed E-state index contributed by atoms with van der Waals surface area (Å²) < 4.78 is 23.7. The van der Waals surface area contributed by atoms with Crippen LogP contribution in [0.15, 0.2) is 18.2 Å². The fourth-order valence-corrected chi connectivity index (χ4v) is 1.36. The van der Waals surface area contributed by atoms with Gasteiger partial charge in [0.25, 0.3) is 5.91 Å². The molecular formula is C13H18FNO3. The number of amides is 1. The van der Waals surface area contributed by atoms with Gasteiger partial charge in [-0.1, -0.05) is 0 Å². The van der Waals surface area contributed by atoms with E-state index in [1.165, 1.54) is 19.2 Å². The molecule has 0 saturated heterocycles. The summed E-state index contributed by atoms with van der Waals surface area (Å²) in [7, 11) is 1.44. The first kappa shape index (κ1) is 14.4. The molecule has 4 nitrogen and oxygen atoms in total. The topological polar surface area (TPSA) is 47.6 Å². The molecule has 0 radical (unpaired) electrons. The van der Waals surface area contributed by atoms with Gasteiger partial charge in [-0.2, -0.15) is 0 Å². The third-order valence-corrected chi connectivity index (χ3v) is 2.26. The van der Waals surface area contributed by atoms with Gasteiger partial charge in [-0.25, -0.2) is 4.39 Å². The van der Waals surface area contributed by atoms with E-state index < -0.39 is 11.7 Å². The Morgan fingerprint density at radius 1 is 1.44 bits per heavy atom. The van der Waals surface area contributed by atoms with E-state index in [9.17, 15) is 9.18 Å². The highest BCUT2D eigenvalue weighted by Crippen LogP contribution is 2.15. The Hall–Kier alpha value is -1.62. The average Bonchev–Trinajstić information content (AvgIpc) is 2.33. The summed E-state index contributed by atoms with van der Waals surface area (Å²) in [6, 6.07) is 4.12. The molecule has 18 heavy (non-hydrogen) atoms. The van der Waals surface area contributed by atoms with Gasteiger partial charge in [0.2, 0.25) is 0 Å². The van der Waals surface area contributed by atoms with Crippen LogP contribution in [0.2, 0.25) is 0 Å². The van der Waals surface area contributed by atoms with Crippen molar-refractivity contribution in [2.24, 2.45) is 0 Å². The minimum atomic E-state index is -0.600. The number of methoxy groups -OCH3 is 1. The average molecular weight is 255 g/mol. The normalized spacial score (nSPS) is 10.5. The van der Waals surface area contributed by atoms with Crippen molar-refractivity contribution in [2.45, 2.75) is 20.0 Å². The maximum atomic E-state index is 13.6. The van der Waals surface area contributed by atoms with E-state index in [2.05, 4.69) is 5.32 Å². The number of ether oxygens (including phenoxy) is 2. The first-order valence-electron chi connectivity index (χ1n) is 5.78. The van der Waals surface area contributed by atoms with E-state index in [1.807, 2.05) is 13.8 Å². The second-order valence-electron chi connectivity index (χ2n) is 4.02. The highest BCUT2D eigenvalue weighted by atomic mass is 19.1. The zero-order chi connectivity index (χ0) is 13.5. The molecule has 0 aliphatic heterocycles. The van der Waals surface area contributed by atoms with Gasteiger partial charge in [-0.05, 0) is 26.0 Å². The molecule has 0 unspecified atom stereocenters. The van der Waals surface area contributed by atoms with Gasteiger partial charge in [0.1, 0.15) is 11.6 Å². The molecule has 0 bridgehead atoms. The molecule has 1 amide bonds. The number of hydrogen-bond donors (Lipinski definition) is 1. The summed E-state index contributed by atoms with van der Waals surface area (Å²) in [5, 5.41) is 2.59. The second-order valence-corrected chi connectivity index (χ2v) is 4.02. The van der Waals surface area contributed by atoms with Crippen molar-refractivity contribution in [2.75, 3.05) is 20.3 Å². The van der Waals surface area contributed by atoms with Crippen molar-refractivity contribution >= 4 is 5.91 Å². The summed E-state index contributed by atoms with van der Waals surface area (Å²) in [6.45, 7) is 4.57. The van der Waals surface area contributed by atoms with Gasteiger partial charge in [0, 0.05) is 12.6 Å². The fraction of sp³-hybridized carbons (Fsp3) is 0.462. The Bertz CT molecular complexity index is 407. The molecule has 1 N–H and O–H groups in total. The molecule has 5 heteroatoms. The zero-order valence-corrected chi connectivity index (χ0v) is 10.8. The van der Waals surface area contributed by atoms with Crippen LogP contribution in [0.25, 0.3) is 0 Å². The SMILES string of the molecule is COc1ccc(C(=O)NCCOC(C)C)c(F)c1. The van der Waals surface area contributed by atoms with E-state index in [4.69, 9.17) is 9.47 Å². The van der Waals surface area contributed by atoms with Crippen LogP contribution in [-0.2, 0) is 4.74 Å². The van der Waals surface area contributed by atoms with E-state index in [0.717, 1.165) is 0 Å². The number of nitrogens with one attached hydrogen (secondary N) is 1. The lowest BCUT2D eigenvalue weighted by Gasteiger charge is -2.09. The number of rotatable bonds is 6. The summed E-state index contributed by atoms with van der Waals surface area (Å²) in [6.07, 6.45) is 0.111. The Balaban J connectivity index is 2.51. The third-order valence-electron chi connectivity index (χ3n) is 2.26. The maximum Gasteiger partial charge on any atom is 0.254 e. The van der Waals surface area contributed by atoms with Crippen molar-refractivity contribution in [3.63, 3.8) is 0 Å². The standard InChI is InChI=1S/C13H18FNO3/c1-9(2)18-7-6-15-13(16)11-5-4-10(17-3)8-12(11)14/h4-5,8-9H,6-7H2,1-3H3,(H,15,16). The molecule has 0 heterocycles. The quantitative estimate of drug-likeness (QED) is 0.791. The fourth-order valence-electron chi connectivity index (χ4n) is 1.36. The molecular weight excluding hydrogens is 237 g/mol. The Labute approximate surface area is 106 Å². The number of halogens is 1. The molecule has 100 valence electrons. The Kier molecular flexibility index (Phi) is 5.58. The summed E-state index contributed by atoms with van der Waals surface area (Å²) in [4.78, 5) is 11.7. The van der Waals surface area contributed by atoms with Gasteiger partial charge in [-0.15, -0.1) is 0 Å². The number of benzene rings is 1. The van der Waals surface area contributed by atoms with Crippen LogP contribution in [-0.4, -0.2) is 32.3 Å². The van der Waals surface area contributed by atoms with E-state index in [1.54, 1.807) is 6.07 Å². The van der Waals surface area contributed by atoms with Gasteiger partial charge in [-0.3, -0.25) is 4.79 Å². The largest absolute Gasteiger partial charge is 0.497 e. The molecule has 0 aliphatic rings. The summed E-state index contributed by atoms with van der Waals surface area (Å²) in [5.41, 5.74) is 0.000321. The first-order valence-corrected chi connectivity index (χ1v) is 5.78. The van der Waals surface area contributed by atoms with Gasteiger partial charge in [0.05, 0.1) is 25.4 Å². The lowest BCUT2D eigenvalue weighted by Crippen LogP contribution is -2.28. The highest BCUT2D eigenvalue weighted by molar-refractivity contribution is 5.94. The molecule has 0 spiro atoms. The van der Waals surface area contributed by atoms with Gasteiger partial charge >= 0.3 is 0 Å². The first-order chi connectivity index (χ1) is 8.54. The molecule has 1 aromatic carbocycles. The summed E-state index contributed by atoms with van der Waals surface area (Å²) >= 11 is 0. The number of carbonyl (C=O) groups is 1. The highest BCUT2D eigenvalue weighted by Gasteiger charge is 2.11. The predicted octanol–water partition coefficient (Wildman–Crippen LogP) is 1.99. The second kappa shape index (κ2) is 6.96.